The van der Waals surface area contributed by atoms with Gasteiger partial charge in [-0.25, -0.2) is 13.2 Å². The maximum Gasteiger partial charge on any atom is 0.265 e. The van der Waals surface area contributed by atoms with Gasteiger partial charge in [0, 0.05) is 29.0 Å². The fourth-order valence-corrected chi connectivity index (χ4v) is 1.75. The Morgan fingerprint density at radius 1 is 1.11 bits per heavy atom. The highest BCUT2D eigenvalue weighted by Gasteiger charge is 2.13. The van der Waals surface area contributed by atoms with Gasteiger partial charge in [0.1, 0.15) is 5.82 Å². The van der Waals surface area contributed by atoms with E-state index in [-0.39, 0.29) is 29.3 Å². The van der Waals surface area contributed by atoms with E-state index >= 15 is 0 Å². The molecule has 2 aromatic carbocycles. The van der Waals surface area contributed by atoms with Crippen molar-refractivity contribution in [3.8, 4) is 0 Å². The molecule has 3 N–H and O–H groups in total. The summed E-state index contributed by atoms with van der Waals surface area (Å²) < 4.78 is 39.1. The molecular weight excluding hydrogens is 253 g/mol. The summed E-state index contributed by atoms with van der Waals surface area (Å²) in [6.07, 6.45) is -2.63. The second-order valence-electron chi connectivity index (χ2n) is 4.09. The highest BCUT2D eigenvalue weighted by Crippen LogP contribution is 2.29. The highest BCUT2D eigenvalue weighted by molar-refractivity contribution is 5.58. The topological polar surface area (TPSA) is 38.0 Å². The highest BCUT2D eigenvalue weighted by atomic mass is 19.3. The smallest absolute Gasteiger partial charge is 0.265 e. The molecule has 0 aliphatic rings. The van der Waals surface area contributed by atoms with Crippen LogP contribution in [-0.2, 0) is 6.54 Å². The normalized spacial score (nSPS) is 10.7. The Morgan fingerprint density at radius 3 is 2.53 bits per heavy atom. The van der Waals surface area contributed by atoms with E-state index < -0.39 is 6.43 Å². The third-order valence-corrected chi connectivity index (χ3v) is 2.74. The molecule has 0 heterocycles. The summed E-state index contributed by atoms with van der Waals surface area (Å²) in [7, 11) is 0. The van der Waals surface area contributed by atoms with E-state index in [1.165, 1.54) is 24.3 Å². The van der Waals surface area contributed by atoms with Crippen LogP contribution in [-0.4, -0.2) is 0 Å². The number of hydrogen-bond acceptors (Lipinski definition) is 2. The average Bonchev–Trinajstić information content (AvgIpc) is 2.38. The predicted octanol–water partition coefficient (Wildman–Crippen LogP) is 3.96. The first-order valence-electron chi connectivity index (χ1n) is 5.73. The Balaban J connectivity index is 2.18. The lowest BCUT2D eigenvalue weighted by molar-refractivity contribution is 0.152. The van der Waals surface area contributed by atoms with Crippen LogP contribution in [0.2, 0.25) is 0 Å². The molecule has 0 amide bonds. The molecule has 2 nitrogen and oxygen atoms in total. The molecule has 2 aromatic rings. The van der Waals surface area contributed by atoms with E-state index in [0.29, 0.717) is 5.56 Å². The van der Waals surface area contributed by atoms with E-state index in [2.05, 4.69) is 5.32 Å². The maximum atomic E-state index is 13.4. The van der Waals surface area contributed by atoms with Crippen LogP contribution < -0.4 is 11.1 Å². The van der Waals surface area contributed by atoms with E-state index in [0.717, 1.165) is 0 Å². The van der Waals surface area contributed by atoms with Gasteiger partial charge in [-0.05, 0) is 24.3 Å². The molecule has 0 bridgehead atoms. The van der Waals surface area contributed by atoms with Crippen molar-refractivity contribution in [2.45, 2.75) is 13.0 Å². The van der Waals surface area contributed by atoms with Gasteiger partial charge >= 0.3 is 0 Å². The number of nitrogens with one attached hydrogen (secondary N) is 1. The van der Waals surface area contributed by atoms with Crippen molar-refractivity contribution >= 4 is 11.4 Å². The van der Waals surface area contributed by atoms with E-state index in [4.69, 9.17) is 5.73 Å². The second-order valence-corrected chi connectivity index (χ2v) is 4.09. The molecule has 0 spiro atoms. The molecule has 0 aromatic heterocycles. The first kappa shape index (κ1) is 13.3. The zero-order chi connectivity index (χ0) is 13.8. The van der Waals surface area contributed by atoms with Gasteiger partial charge in [-0.2, -0.15) is 0 Å². The minimum atomic E-state index is -2.63. The summed E-state index contributed by atoms with van der Waals surface area (Å²) in [5.74, 6) is -0.371. The number of rotatable bonds is 4. The second kappa shape index (κ2) is 5.65. The molecule has 0 saturated heterocycles. The van der Waals surface area contributed by atoms with Crippen LogP contribution in [0.3, 0.4) is 0 Å². The molecular formula is C14H13F3N2. The standard InChI is InChI=1S/C14H13F3N2/c15-12-4-2-1-3-9(12)8-19-13-6-5-10(18)7-11(13)14(16)17/h1-7,14,19H,8,18H2. The third kappa shape index (κ3) is 3.19. The van der Waals surface area contributed by atoms with Crippen LogP contribution in [0, 0.1) is 5.82 Å². The summed E-state index contributed by atoms with van der Waals surface area (Å²) in [4.78, 5) is 0. The summed E-state index contributed by atoms with van der Waals surface area (Å²) in [6, 6.07) is 10.4. The first-order chi connectivity index (χ1) is 9.08. The number of anilines is 2. The van der Waals surface area contributed by atoms with Crippen LogP contribution >= 0.6 is 0 Å². The molecule has 0 aliphatic heterocycles. The van der Waals surface area contributed by atoms with Crippen molar-refractivity contribution in [1.82, 2.24) is 0 Å². The lowest BCUT2D eigenvalue weighted by Gasteiger charge is -2.12. The Morgan fingerprint density at radius 2 is 1.84 bits per heavy atom. The lowest BCUT2D eigenvalue weighted by atomic mass is 10.1. The lowest BCUT2D eigenvalue weighted by Crippen LogP contribution is -2.05. The number of hydrogen-bond donors (Lipinski definition) is 2. The van der Waals surface area contributed by atoms with Gasteiger partial charge in [0.25, 0.3) is 6.43 Å². The Hall–Kier alpha value is -2.17. The number of alkyl halides is 2. The van der Waals surface area contributed by atoms with Crippen molar-refractivity contribution < 1.29 is 13.2 Å². The molecule has 0 saturated carbocycles. The van der Waals surface area contributed by atoms with Gasteiger partial charge < -0.3 is 11.1 Å². The van der Waals surface area contributed by atoms with E-state index in [1.807, 2.05) is 0 Å². The van der Waals surface area contributed by atoms with Gasteiger partial charge in [-0.1, -0.05) is 18.2 Å². The molecule has 100 valence electrons. The predicted molar refractivity (Wildman–Crippen MR) is 69.5 cm³/mol. The largest absolute Gasteiger partial charge is 0.399 e. The number of nitrogen functional groups attached to an aromatic ring is 1. The first-order valence-corrected chi connectivity index (χ1v) is 5.73. The SMILES string of the molecule is Nc1ccc(NCc2ccccc2F)c(C(F)F)c1. The van der Waals surface area contributed by atoms with Gasteiger partial charge in [-0.15, -0.1) is 0 Å². The summed E-state index contributed by atoms with van der Waals surface area (Å²) in [5, 5.41) is 2.80. The van der Waals surface area contributed by atoms with Crippen molar-refractivity contribution in [2.75, 3.05) is 11.1 Å². The minimum Gasteiger partial charge on any atom is -0.399 e. The van der Waals surface area contributed by atoms with E-state index in [1.54, 1.807) is 18.2 Å². The van der Waals surface area contributed by atoms with Crippen molar-refractivity contribution in [1.29, 1.82) is 0 Å². The molecule has 0 unspecified atom stereocenters. The van der Waals surface area contributed by atoms with Crippen LogP contribution in [0.5, 0.6) is 0 Å². The summed E-state index contributed by atoms with van der Waals surface area (Å²) in [6.45, 7) is 0.135. The molecule has 5 heteroatoms. The maximum absolute atomic E-state index is 13.4. The van der Waals surface area contributed by atoms with Gasteiger partial charge in [0.2, 0.25) is 0 Å². The quantitative estimate of drug-likeness (QED) is 0.822. The zero-order valence-electron chi connectivity index (χ0n) is 10.0. The number of nitrogens with two attached hydrogens (primary N) is 1. The third-order valence-electron chi connectivity index (χ3n) is 2.74. The zero-order valence-corrected chi connectivity index (χ0v) is 10.0. The number of halogens is 3. The monoisotopic (exact) mass is 266 g/mol. The van der Waals surface area contributed by atoms with Crippen LogP contribution in [0.4, 0.5) is 24.5 Å². The molecule has 0 atom stereocenters. The van der Waals surface area contributed by atoms with Crippen LogP contribution in [0.15, 0.2) is 42.5 Å². The van der Waals surface area contributed by atoms with Crippen molar-refractivity contribution in [3.05, 3.63) is 59.4 Å². The summed E-state index contributed by atoms with van der Waals surface area (Å²) >= 11 is 0. The minimum absolute atomic E-state index is 0.135. The van der Waals surface area contributed by atoms with Crippen LogP contribution in [0.1, 0.15) is 17.6 Å². The van der Waals surface area contributed by atoms with Gasteiger partial charge in [0.05, 0.1) is 0 Å². The molecule has 0 fully saturated rings. The number of benzene rings is 2. The Bertz CT molecular complexity index is 570. The average molecular weight is 266 g/mol. The Kier molecular flexibility index (Phi) is 3.94. The summed E-state index contributed by atoms with van der Waals surface area (Å²) in [5.41, 5.74) is 6.23. The fourth-order valence-electron chi connectivity index (χ4n) is 1.75. The van der Waals surface area contributed by atoms with Crippen molar-refractivity contribution in [2.24, 2.45) is 0 Å². The molecule has 0 aliphatic carbocycles. The van der Waals surface area contributed by atoms with Crippen LogP contribution in [0.25, 0.3) is 0 Å². The fraction of sp³-hybridized carbons (Fsp3) is 0.143. The Labute approximate surface area is 109 Å². The molecule has 2 rings (SSSR count). The van der Waals surface area contributed by atoms with Crippen molar-refractivity contribution in [3.63, 3.8) is 0 Å². The van der Waals surface area contributed by atoms with Gasteiger partial charge in [0.15, 0.2) is 0 Å². The van der Waals surface area contributed by atoms with E-state index in [9.17, 15) is 13.2 Å². The molecule has 0 radical (unpaired) electrons. The molecule has 19 heavy (non-hydrogen) atoms. The van der Waals surface area contributed by atoms with Gasteiger partial charge in [-0.3, -0.25) is 0 Å².